The Morgan fingerprint density at radius 2 is 1.89 bits per heavy atom. The minimum atomic E-state index is 0.718. The molecule has 4 aromatic heterocycles. The van der Waals surface area contributed by atoms with Crippen LogP contribution in [0.25, 0.3) is 33.9 Å². The van der Waals surface area contributed by atoms with Crippen molar-refractivity contribution in [2.75, 3.05) is 38.1 Å². The Balaban J connectivity index is 1.50. The van der Waals surface area contributed by atoms with Crippen LogP contribution in [0.2, 0.25) is 0 Å². The summed E-state index contributed by atoms with van der Waals surface area (Å²) in [5.41, 5.74) is 4.10. The van der Waals surface area contributed by atoms with E-state index in [9.17, 15) is 0 Å². The molecule has 0 atom stereocenters. The predicted molar refractivity (Wildman–Crippen MR) is 102 cm³/mol. The van der Waals surface area contributed by atoms with Crippen molar-refractivity contribution in [2.24, 2.45) is 0 Å². The predicted octanol–water partition coefficient (Wildman–Crippen LogP) is 1.56. The maximum atomic E-state index is 4.80. The summed E-state index contributed by atoms with van der Waals surface area (Å²) in [6.07, 6.45) is 6.81. The van der Waals surface area contributed by atoms with Crippen LogP contribution in [0.15, 0.2) is 36.9 Å². The number of anilines is 1. The lowest BCUT2D eigenvalue weighted by Crippen LogP contribution is -2.44. The molecule has 5 heterocycles. The number of hydrogen-bond donors (Lipinski definition) is 2. The molecule has 1 aliphatic heterocycles. The van der Waals surface area contributed by atoms with E-state index in [4.69, 9.17) is 4.98 Å². The summed E-state index contributed by atoms with van der Waals surface area (Å²) in [7, 11) is 2.14. The van der Waals surface area contributed by atoms with E-state index in [-0.39, 0.29) is 0 Å². The highest BCUT2D eigenvalue weighted by Crippen LogP contribution is 2.27. The number of nitrogens with zero attached hydrogens (tertiary/aromatic N) is 7. The summed E-state index contributed by atoms with van der Waals surface area (Å²) in [5.74, 6) is 1.66. The van der Waals surface area contributed by atoms with E-state index in [0.29, 0.717) is 0 Å². The molecule has 1 fully saturated rings. The average Bonchev–Trinajstić information content (AvgIpc) is 3.36. The second kappa shape index (κ2) is 6.44. The Morgan fingerprint density at radius 3 is 2.70 bits per heavy atom. The van der Waals surface area contributed by atoms with E-state index in [0.717, 1.165) is 65.9 Å². The van der Waals surface area contributed by atoms with E-state index in [1.807, 2.05) is 18.3 Å². The second-order valence-corrected chi connectivity index (χ2v) is 6.66. The first kappa shape index (κ1) is 15.9. The quantitative estimate of drug-likeness (QED) is 0.571. The molecule has 0 saturated carbocycles. The molecule has 4 aromatic rings. The van der Waals surface area contributed by atoms with Crippen molar-refractivity contribution >= 4 is 16.9 Å². The van der Waals surface area contributed by atoms with Crippen molar-refractivity contribution < 1.29 is 0 Å². The largest absolute Gasteiger partial charge is 0.352 e. The molecule has 0 spiro atoms. The first-order chi connectivity index (χ1) is 13.3. The molecule has 0 unspecified atom stereocenters. The Kier molecular flexibility index (Phi) is 3.79. The van der Waals surface area contributed by atoms with Crippen LogP contribution in [0.3, 0.4) is 0 Å². The molecule has 5 rings (SSSR count). The summed E-state index contributed by atoms with van der Waals surface area (Å²) in [4.78, 5) is 25.8. The van der Waals surface area contributed by atoms with Gasteiger partial charge in [0.1, 0.15) is 22.6 Å². The molecule has 0 amide bonds. The van der Waals surface area contributed by atoms with Crippen LogP contribution in [-0.2, 0) is 0 Å². The summed E-state index contributed by atoms with van der Waals surface area (Å²) >= 11 is 0. The standard InChI is InChI=1S/C18H19N9/c1-26-6-8-27(9-7-26)18-16-12(2-3-21-18)22-17(23-16)14-10-13(24-25-14)15-11-19-4-5-20-15/h2-5,10-11H,6-9H2,1H3,(H,22,23)(H,24,25). The third-order valence-corrected chi connectivity index (χ3v) is 4.84. The molecule has 0 radical (unpaired) electrons. The number of rotatable bonds is 3. The van der Waals surface area contributed by atoms with Crippen LogP contribution < -0.4 is 4.90 Å². The highest BCUT2D eigenvalue weighted by Gasteiger charge is 2.20. The van der Waals surface area contributed by atoms with Crippen molar-refractivity contribution in [3.05, 3.63) is 36.9 Å². The fourth-order valence-corrected chi connectivity index (χ4v) is 3.30. The second-order valence-electron chi connectivity index (χ2n) is 6.66. The summed E-state index contributed by atoms with van der Waals surface area (Å²) in [6, 6.07) is 3.87. The van der Waals surface area contributed by atoms with Gasteiger partial charge in [-0.3, -0.25) is 15.1 Å². The smallest absolute Gasteiger partial charge is 0.156 e. The molecule has 0 bridgehead atoms. The van der Waals surface area contributed by atoms with Crippen LogP contribution in [0.4, 0.5) is 5.82 Å². The highest BCUT2D eigenvalue weighted by molar-refractivity contribution is 5.88. The lowest BCUT2D eigenvalue weighted by Gasteiger charge is -2.33. The Labute approximate surface area is 155 Å². The minimum absolute atomic E-state index is 0.718. The third-order valence-electron chi connectivity index (χ3n) is 4.84. The van der Waals surface area contributed by atoms with E-state index in [1.165, 1.54) is 0 Å². The molecule has 1 aliphatic rings. The van der Waals surface area contributed by atoms with Crippen molar-refractivity contribution in [3.63, 3.8) is 0 Å². The zero-order chi connectivity index (χ0) is 18.2. The van der Waals surface area contributed by atoms with Gasteiger partial charge in [0.25, 0.3) is 0 Å². The number of hydrogen-bond acceptors (Lipinski definition) is 7. The number of pyridine rings is 1. The van der Waals surface area contributed by atoms with Gasteiger partial charge in [0.2, 0.25) is 0 Å². The van der Waals surface area contributed by atoms with Crippen molar-refractivity contribution in [2.45, 2.75) is 0 Å². The fourth-order valence-electron chi connectivity index (χ4n) is 3.30. The molecular formula is C18H19N9. The third kappa shape index (κ3) is 2.91. The van der Waals surface area contributed by atoms with E-state index >= 15 is 0 Å². The van der Waals surface area contributed by atoms with E-state index in [2.05, 4.69) is 47.0 Å². The van der Waals surface area contributed by atoms with Crippen LogP contribution in [-0.4, -0.2) is 73.2 Å². The van der Waals surface area contributed by atoms with Crippen LogP contribution in [0.5, 0.6) is 0 Å². The number of H-pyrrole nitrogens is 2. The molecule has 0 aliphatic carbocycles. The van der Waals surface area contributed by atoms with Gasteiger partial charge in [-0.25, -0.2) is 9.97 Å². The SMILES string of the molecule is CN1CCN(c2nccc3[nH]c(-c4cc(-c5cnccn5)n[nH]4)nc23)CC1. The van der Waals surface area contributed by atoms with Crippen LogP contribution >= 0.6 is 0 Å². The van der Waals surface area contributed by atoms with Gasteiger partial charge >= 0.3 is 0 Å². The van der Waals surface area contributed by atoms with Crippen LogP contribution in [0, 0.1) is 0 Å². The highest BCUT2D eigenvalue weighted by atomic mass is 15.3. The van der Waals surface area contributed by atoms with Gasteiger partial charge in [0.15, 0.2) is 11.6 Å². The van der Waals surface area contributed by atoms with Gasteiger partial charge in [-0.2, -0.15) is 5.10 Å². The van der Waals surface area contributed by atoms with Gasteiger partial charge in [0.05, 0.1) is 11.7 Å². The van der Waals surface area contributed by atoms with E-state index < -0.39 is 0 Å². The van der Waals surface area contributed by atoms with Crippen molar-refractivity contribution in [3.8, 4) is 22.9 Å². The first-order valence-corrected chi connectivity index (χ1v) is 8.88. The molecule has 136 valence electrons. The van der Waals surface area contributed by atoms with Crippen molar-refractivity contribution in [1.82, 2.24) is 40.0 Å². The topological polar surface area (TPSA) is 103 Å². The minimum Gasteiger partial charge on any atom is -0.352 e. The number of imidazole rings is 1. The summed E-state index contributed by atoms with van der Waals surface area (Å²) in [6.45, 7) is 3.95. The zero-order valence-corrected chi connectivity index (χ0v) is 14.9. The molecular weight excluding hydrogens is 342 g/mol. The lowest BCUT2D eigenvalue weighted by molar-refractivity contribution is 0.312. The molecule has 9 nitrogen and oxygen atoms in total. The van der Waals surface area contributed by atoms with Gasteiger partial charge in [-0.05, 0) is 19.2 Å². The maximum Gasteiger partial charge on any atom is 0.156 e. The van der Waals surface area contributed by atoms with Crippen LogP contribution in [0.1, 0.15) is 0 Å². The number of piperazine rings is 1. The number of fused-ring (bicyclic) bond motifs is 1. The van der Waals surface area contributed by atoms with E-state index in [1.54, 1.807) is 18.6 Å². The lowest BCUT2D eigenvalue weighted by atomic mass is 10.3. The number of aromatic nitrogens is 7. The normalized spacial score (nSPS) is 15.5. The Morgan fingerprint density at radius 1 is 1.00 bits per heavy atom. The average molecular weight is 361 g/mol. The van der Waals surface area contributed by atoms with Gasteiger partial charge in [-0.1, -0.05) is 0 Å². The van der Waals surface area contributed by atoms with Gasteiger partial charge in [-0.15, -0.1) is 0 Å². The molecule has 27 heavy (non-hydrogen) atoms. The molecule has 1 saturated heterocycles. The summed E-state index contributed by atoms with van der Waals surface area (Å²) < 4.78 is 0. The Hall–Kier alpha value is -3.33. The van der Waals surface area contributed by atoms with Gasteiger partial charge in [0, 0.05) is 44.8 Å². The summed E-state index contributed by atoms with van der Waals surface area (Å²) in [5, 5.41) is 7.37. The fraction of sp³-hybridized carbons (Fsp3) is 0.278. The molecule has 2 N–H and O–H groups in total. The number of likely N-dealkylation sites (N-methyl/N-ethyl adjacent to an activating group) is 1. The first-order valence-electron chi connectivity index (χ1n) is 8.88. The molecule has 9 heteroatoms. The number of aromatic amines is 2. The zero-order valence-electron chi connectivity index (χ0n) is 14.9. The van der Waals surface area contributed by atoms with Crippen molar-refractivity contribution in [1.29, 1.82) is 0 Å². The maximum absolute atomic E-state index is 4.80. The number of nitrogens with one attached hydrogen (secondary N) is 2. The monoisotopic (exact) mass is 361 g/mol. The molecule has 0 aromatic carbocycles. The Bertz CT molecular complexity index is 1060. The van der Waals surface area contributed by atoms with Gasteiger partial charge < -0.3 is 14.8 Å².